The lowest BCUT2D eigenvalue weighted by atomic mass is 9.95. The molecule has 0 aliphatic heterocycles. The number of halogens is 2. The molecule has 1 aliphatic rings. The number of benzene rings is 2. The van der Waals surface area contributed by atoms with Crippen LogP contribution in [0.1, 0.15) is 63.5 Å². The lowest BCUT2D eigenvalue weighted by Gasteiger charge is -2.33. The van der Waals surface area contributed by atoms with Gasteiger partial charge in [-0.1, -0.05) is 69.0 Å². The molecular weight excluding hydrogens is 516 g/mol. The number of hydrogen-bond donors (Lipinski definition) is 1. The summed E-state index contributed by atoms with van der Waals surface area (Å²) in [7, 11) is 0. The second kappa shape index (κ2) is 13.1. The van der Waals surface area contributed by atoms with E-state index >= 15 is 0 Å². The normalized spacial score (nSPS) is 14.9. The maximum Gasteiger partial charge on any atom is 0.261 e. The Morgan fingerprint density at radius 3 is 2.53 bits per heavy atom. The number of aryl methyl sites for hydroxylation is 1. The Labute approximate surface area is 216 Å². The molecule has 0 spiro atoms. The molecule has 0 radical (unpaired) electrons. The van der Waals surface area contributed by atoms with Crippen molar-refractivity contribution >= 4 is 39.3 Å². The summed E-state index contributed by atoms with van der Waals surface area (Å²) >= 11 is 9.93. The van der Waals surface area contributed by atoms with Crippen LogP contribution < -0.4 is 10.1 Å². The first-order valence-electron chi connectivity index (χ1n) is 12.2. The largest absolute Gasteiger partial charge is 0.483 e. The fourth-order valence-electron chi connectivity index (χ4n) is 4.38. The van der Waals surface area contributed by atoms with Crippen molar-refractivity contribution in [3.63, 3.8) is 0 Å². The maximum absolute atomic E-state index is 13.4. The molecule has 1 aliphatic carbocycles. The van der Waals surface area contributed by atoms with Gasteiger partial charge in [-0.15, -0.1) is 0 Å². The summed E-state index contributed by atoms with van der Waals surface area (Å²) in [5.41, 5.74) is 1.98. The van der Waals surface area contributed by atoms with Gasteiger partial charge in [0.25, 0.3) is 5.91 Å². The van der Waals surface area contributed by atoms with Crippen LogP contribution >= 0.6 is 27.5 Å². The summed E-state index contributed by atoms with van der Waals surface area (Å²) in [5, 5.41) is 3.76. The van der Waals surface area contributed by atoms with Crippen molar-refractivity contribution in [1.82, 2.24) is 10.2 Å². The van der Waals surface area contributed by atoms with Crippen LogP contribution in [-0.4, -0.2) is 35.4 Å². The van der Waals surface area contributed by atoms with Crippen LogP contribution in [-0.2, 0) is 22.6 Å². The molecule has 0 heterocycles. The van der Waals surface area contributed by atoms with Gasteiger partial charge in [-0.05, 0) is 70.9 Å². The Kier molecular flexibility index (Phi) is 10.3. The van der Waals surface area contributed by atoms with Crippen LogP contribution in [0.25, 0.3) is 0 Å². The lowest BCUT2D eigenvalue weighted by molar-refractivity contribution is -0.143. The van der Waals surface area contributed by atoms with Crippen molar-refractivity contribution in [3.05, 3.63) is 63.1 Å². The smallest absolute Gasteiger partial charge is 0.261 e. The predicted octanol–water partition coefficient (Wildman–Crippen LogP) is 6.30. The van der Waals surface area contributed by atoms with E-state index in [1.165, 1.54) is 12.0 Å². The van der Waals surface area contributed by atoms with Gasteiger partial charge >= 0.3 is 0 Å². The van der Waals surface area contributed by atoms with Crippen LogP contribution in [0.5, 0.6) is 5.75 Å². The zero-order valence-electron chi connectivity index (χ0n) is 20.0. The molecule has 184 valence electrons. The summed E-state index contributed by atoms with van der Waals surface area (Å²) in [5.74, 6) is 0.239. The van der Waals surface area contributed by atoms with Gasteiger partial charge in [0.2, 0.25) is 5.91 Å². The molecule has 3 rings (SSSR count). The van der Waals surface area contributed by atoms with Gasteiger partial charge in [0, 0.05) is 17.6 Å². The summed E-state index contributed by atoms with van der Waals surface area (Å²) in [6.07, 6.45) is 6.87. The van der Waals surface area contributed by atoms with Crippen molar-refractivity contribution in [2.45, 2.75) is 77.4 Å². The Balaban J connectivity index is 1.77. The zero-order chi connectivity index (χ0) is 24.5. The van der Waals surface area contributed by atoms with Crippen LogP contribution in [0.15, 0.2) is 46.9 Å². The van der Waals surface area contributed by atoms with Crippen LogP contribution in [0.4, 0.5) is 0 Å². The third kappa shape index (κ3) is 7.22. The first kappa shape index (κ1) is 26.6. The number of rotatable bonds is 10. The molecule has 0 aromatic heterocycles. The van der Waals surface area contributed by atoms with Crippen molar-refractivity contribution in [2.24, 2.45) is 0 Å². The fraction of sp³-hybridized carbons (Fsp3) is 0.481. The van der Waals surface area contributed by atoms with Crippen LogP contribution in [0.3, 0.4) is 0 Å². The Bertz CT molecular complexity index is 978. The number of carbonyl (C=O) groups excluding carboxylic acids is 2. The number of carbonyl (C=O) groups is 2. The Morgan fingerprint density at radius 2 is 1.88 bits per heavy atom. The highest BCUT2D eigenvalue weighted by Crippen LogP contribution is 2.27. The van der Waals surface area contributed by atoms with Gasteiger partial charge in [0.1, 0.15) is 11.8 Å². The first-order valence-corrected chi connectivity index (χ1v) is 13.3. The Morgan fingerprint density at radius 1 is 1.15 bits per heavy atom. The fourth-order valence-corrected chi connectivity index (χ4v) is 5.11. The van der Waals surface area contributed by atoms with E-state index in [9.17, 15) is 9.59 Å². The van der Waals surface area contributed by atoms with Gasteiger partial charge in [0.05, 0.1) is 4.47 Å². The molecule has 0 saturated heterocycles. The van der Waals surface area contributed by atoms with Gasteiger partial charge < -0.3 is 15.0 Å². The number of ether oxygens (including phenoxy) is 1. The molecule has 7 heteroatoms. The molecule has 1 N–H and O–H groups in total. The number of amides is 2. The van der Waals surface area contributed by atoms with Crippen LogP contribution in [0, 0.1) is 0 Å². The molecule has 34 heavy (non-hydrogen) atoms. The van der Waals surface area contributed by atoms with Gasteiger partial charge in [-0.2, -0.15) is 0 Å². The van der Waals surface area contributed by atoms with Crippen LogP contribution in [0.2, 0.25) is 5.02 Å². The van der Waals surface area contributed by atoms with E-state index in [-0.39, 0.29) is 31.0 Å². The second-order valence-corrected chi connectivity index (χ2v) is 10.0. The summed E-state index contributed by atoms with van der Waals surface area (Å²) in [6.45, 7) is 4.09. The molecule has 1 atom stereocenters. The maximum atomic E-state index is 13.4. The molecule has 5 nitrogen and oxygen atoms in total. The average molecular weight is 550 g/mol. The number of hydrogen-bond acceptors (Lipinski definition) is 3. The van der Waals surface area contributed by atoms with Crippen molar-refractivity contribution in [3.8, 4) is 5.75 Å². The van der Waals surface area contributed by atoms with E-state index < -0.39 is 6.04 Å². The molecule has 0 unspecified atom stereocenters. The van der Waals surface area contributed by atoms with E-state index in [1.54, 1.807) is 11.0 Å². The highest BCUT2D eigenvalue weighted by atomic mass is 79.9. The topological polar surface area (TPSA) is 58.6 Å². The molecule has 2 aromatic carbocycles. The third-order valence-corrected chi connectivity index (χ3v) is 7.38. The zero-order valence-corrected chi connectivity index (χ0v) is 22.3. The molecular formula is C27H34BrClN2O3. The van der Waals surface area contributed by atoms with E-state index in [2.05, 4.69) is 28.2 Å². The van der Waals surface area contributed by atoms with E-state index in [1.807, 2.05) is 43.3 Å². The predicted molar refractivity (Wildman–Crippen MR) is 140 cm³/mol. The van der Waals surface area contributed by atoms with Gasteiger partial charge in [-0.3, -0.25) is 9.59 Å². The molecule has 0 bridgehead atoms. The number of nitrogens with zero attached hydrogens (tertiary/aromatic N) is 1. The monoisotopic (exact) mass is 548 g/mol. The van der Waals surface area contributed by atoms with Gasteiger partial charge in [-0.25, -0.2) is 0 Å². The molecule has 2 amide bonds. The minimum atomic E-state index is -0.597. The SMILES string of the molecule is CCc1ccc(OCC(=O)N(Cc2ccccc2Cl)[C@@H](CC)C(=O)NC2CCCCC2)c(Br)c1. The first-order chi connectivity index (χ1) is 16.4. The van der Waals surface area contributed by atoms with Crippen molar-refractivity contribution < 1.29 is 14.3 Å². The summed E-state index contributed by atoms with van der Waals surface area (Å²) in [4.78, 5) is 28.3. The standard InChI is InChI=1S/C27H34BrClN2O3/c1-3-19-14-15-25(22(28)16-19)34-18-26(32)31(17-20-10-8-9-13-23(20)29)24(4-2)27(33)30-21-11-6-5-7-12-21/h8-10,13-16,21,24H,3-7,11-12,17-18H2,1-2H3,(H,30,33)/t24-/m0/s1. The molecule has 1 saturated carbocycles. The number of nitrogens with one attached hydrogen (secondary N) is 1. The van der Waals surface area contributed by atoms with Gasteiger partial charge in [0.15, 0.2) is 6.61 Å². The minimum absolute atomic E-state index is 0.108. The third-order valence-electron chi connectivity index (χ3n) is 6.39. The van der Waals surface area contributed by atoms with Crippen molar-refractivity contribution in [2.75, 3.05) is 6.61 Å². The van der Waals surface area contributed by atoms with Crippen molar-refractivity contribution in [1.29, 1.82) is 0 Å². The summed E-state index contributed by atoms with van der Waals surface area (Å²) in [6, 6.07) is 12.8. The highest BCUT2D eigenvalue weighted by Gasteiger charge is 2.31. The second-order valence-electron chi connectivity index (χ2n) is 8.79. The quantitative estimate of drug-likeness (QED) is 0.378. The average Bonchev–Trinajstić information content (AvgIpc) is 2.84. The minimum Gasteiger partial charge on any atom is -0.483 e. The van der Waals surface area contributed by atoms with E-state index in [0.717, 1.165) is 42.1 Å². The van der Waals surface area contributed by atoms with E-state index in [4.69, 9.17) is 16.3 Å². The summed E-state index contributed by atoms with van der Waals surface area (Å²) < 4.78 is 6.67. The van der Waals surface area contributed by atoms with E-state index in [0.29, 0.717) is 17.2 Å². The molecule has 2 aromatic rings. The highest BCUT2D eigenvalue weighted by molar-refractivity contribution is 9.10. The lowest BCUT2D eigenvalue weighted by Crippen LogP contribution is -2.52. The Hall–Kier alpha value is -2.05. The molecule has 1 fully saturated rings.